The number of fused-ring (bicyclic) bond motifs is 2. The van der Waals surface area contributed by atoms with Gasteiger partial charge in [-0.3, -0.25) is 4.90 Å². The number of para-hydroxylation sites is 3. The lowest BCUT2D eigenvalue weighted by atomic mass is 10.1. The van der Waals surface area contributed by atoms with E-state index in [0.29, 0.717) is 12.6 Å². The Bertz CT molecular complexity index is 969. The van der Waals surface area contributed by atoms with E-state index in [2.05, 4.69) is 87.9 Å². The number of nitrogens with zero attached hydrogens (tertiary/aromatic N) is 2. The first-order valence-corrected chi connectivity index (χ1v) is 11.4. The van der Waals surface area contributed by atoms with Crippen molar-refractivity contribution in [2.24, 2.45) is 0 Å². The number of anilines is 3. The molecule has 0 aromatic heterocycles. The molecule has 2 aliphatic rings. The van der Waals surface area contributed by atoms with Crippen molar-refractivity contribution in [2.45, 2.75) is 31.9 Å². The van der Waals surface area contributed by atoms with Gasteiger partial charge in [-0.05, 0) is 61.7 Å². The Kier molecular flexibility index (Phi) is 5.81. The van der Waals surface area contributed by atoms with Gasteiger partial charge in [0, 0.05) is 43.1 Å². The molecule has 2 heterocycles. The summed E-state index contributed by atoms with van der Waals surface area (Å²) in [6, 6.07) is 26.5. The highest BCUT2D eigenvalue weighted by molar-refractivity contribution is 5.72. The summed E-state index contributed by atoms with van der Waals surface area (Å²) in [6.45, 7) is 3.92. The molecular weight excluding hydrogens is 382 g/mol. The summed E-state index contributed by atoms with van der Waals surface area (Å²) in [4.78, 5) is 5.17. The largest absolute Gasteiger partial charge is 0.487 e. The van der Waals surface area contributed by atoms with Gasteiger partial charge in [0.2, 0.25) is 0 Å². The fourth-order valence-electron chi connectivity index (χ4n) is 4.90. The fourth-order valence-corrected chi connectivity index (χ4v) is 4.90. The van der Waals surface area contributed by atoms with Gasteiger partial charge in [0.1, 0.15) is 12.4 Å². The van der Waals surface area contributed by atoms with Gasteiger partial charge in [-0.2, -0.15) is 0 Å². The van der Waals surface area contributed by atoms with Crippen LogP contribution in [0.15, 0.2) is 72.8 Å². The number of rotatable bonds is 6. The maximum Gasteiger partial charge on any atom is 0.143 e. The molecule has 4 heteroatoms. The van der Waals surface area contributed by atoms with Crippen molar-refractivity contribution in [1.29, 1.82) is 0 Å². The van der Waals surface area contributed by atoms with E-state index in [1.807, 2.05) is 7.05 Å². The van der Waals surface area contributed by atoms with Crippen molar-refractivity contribution >= 4 is 17.1 Å². The SMILES string of the molecule is CNc1ccc(CCN2CCCC2CN2c3ccccc3COc3ccccc32)cc1. The smallest absolute Gasteiger partial charge is 0.143 e. The van der Waals surface area contributed by atoms with Crippen LogP contribution in [0.2, 0.25) is 0 Å². The molecule has 1 saturated heterocycles. The third-order valence-electron chi connectivity index (χ3n) is 6.64. The zero-order valence-electron chi connectivity index (χ0n) is 18.3. The van der Waals surface area contributed by atoms with Gasteiger partial charge in [-0.25, -0.2) is 0 Å². The fraction of sp³-hybridized carbons (Fsp3) is 0.333. The van der Waals surface area contributed by atoms with Crippen LogP contribution in [0.4, 0.5) is 17.1 Å². The summed E-state index contributed by atoms with van der Waals surface area (Å²) in [5, 5.41) is 3.20. The topological polar surface area (TPSA) is 27.7 Å². The van der Waals surface area contributed by atoms with E-state index < -0.39 is 0 Å². The van der Waals surface area contributed by atoms with Gasteiger partial charge in [0.05, 0.1) is 5.69 Å². The molecule has 0 aliphatic carbocycles. The molecule has 0 saturated carbocycles. The number of benzene rings is 3. The quantitative estimate of drug-likeness (QED) is 0.580. The van der Waals surface area contributed by atoms with Crippen LogP contribution in [0.25, 0.3) is 0 Å². The second-order valence-electron chi connectivity index (χ2n) is 8.52. The average molecular weight is 414 g/mol. The minimum Gasteiger partial charge on any atom is -0.487 e. The Morgan fingerprint density at radius 2 is 1.71 bits per heavy atom. The Hall–Kier alpha value is -2.98. The van der Waals surface area contributed by atoms with Crippen LogP contribution >= 0.6 is 0 Å². The van der Waals surface area contributed by atoms with E-state index in [9.17, 15) is 0 Å². The van der Waals surface area contributed by atoms with Gasteiger partial charge in [0.15, 0.2) is 0 Å². The van der Waals surface area contributed by atoms with Crippen molar-refractivity contribution in [3.8, 4) is 5.75 Å². The summed E-state index contributed by atoms with van der Waals surface area (Å²) in [5.74, 6) is 0.980. The maximum absolute atomic E-state index is 6.16. The van der Waals surface area contributed by atoms with Crippen LogP contribution in [-0.4, -0.2) is 37.6 Å². The van der Waals surface area contributed by atoms with E-state index in [1.165, 1.54) is 47.6 Å². The Morgan fingerprint density at radius 3 is 2.55 bits per heavy atom. The number of ether oxygens (including phenoxy) is 1. The molecule has 1 atom stereocenters. The third kappa shape index (κ3) is 4.26. The summed E-state index contributed by atoms with van der Waals surface area (Å²) < 4.78 is 6.16. The van der Waals surface area contributed by atoms with Crippen LogP contribution in [0.1, 0.15) is 24.0 Å². The van der Waals surface area contributed by atoms with E-state index in [-0.39, 0.29) is 0 Å². The molecule has 1 fully saturated rings. The van der Waals surface area contributed by atoms with Crippen molar-refractivity contribution in [3.05, 3.63) is 83.9 Å². The lowest BCUT2D eigenvalue weighted by Gasteiger charge is -2.32. The van der Waals surface area contributed by atoms with Crippen molar-refractivity contribution in [3.63, 3.8) is 0 Å². The van der Waals surface area contributed by atoms with Gasteiger partial charge < -0.3 is 15.0 Å². The normalized spacial score (nSPS) is 18.1. The Morgan fingerprint density at radius 1 is 0.935 bits per heavy atom. The molecular formula is C27H31N3O. The summed E-state index contributed by atoms with van der Waals surface area (Å²) in [7, 11) is 1.97. The van der Waals surface area contributed by atoms with Gasteiger partial charge in [0.25, 0.3) is 0 Å². The predicted octanol–water partition coefficient (Wildman–Crippen LogP) is 5.47. The highest BCUT2D eigenvalue weighted by Gasteiger charge is 2.29. The second-order valence-corrected chi connectivity index (χ2v) is 8.52. The molecule has 2 aliphatic heterocycles. The van der Waals surface area contributed by atoms with Crippen molar-refractivity contribution < 1.29 is 4.74 Å². The highest BCUT2D eigenvalue weighted by atomic mass is 16.5. The number of hydrogen-bond acceptors (Lipinski definition) is 4. The van der Waals surface area contributed by atoms with E-state index in [4.69, 9.17) is 4.74 Å². The number of hydrogen-bond donors (Lipinski definition) is 1. The zero-order chi connectivity index (χ0) is 21.0. The Balaban J connectivity index is 1.34. The molecule has 160 valence electrons. The van der Waals surface area contributed by atoms with Crippen LogP contribution in [0.3, 0.4) is 0 Å². The van der Waals surface area contributed by atoms with Crippen LogP contribution < -0.4 is 15.0 Å². The van der Waals surface area contributed by atoms with Crippen LogP contribution in [0.5, 0.6) is 5.75 Å². The van der Waals surface area contributed by atoms with Crippen LogP contribution in [-0.2, 0) is 13.0 Å². The highest BCUT2D eigenvalue weighted by Crippen LogP contribution is 2.40. The first-order valence-electron chi connectivity index (χ1n) is 11.4. The molecule has 1 N–H and O–H groups in total. The molecule has 0 bridgehead atoms. The molecule has 5 rings (SSSR count). The van der Waals surface area contributed by atoms with E-state index in [0.717, 1.165) is 25.3 Å². The predicted molar refractivity (Wildman–Crippen MR) is 129 cm³/mol. The third-order valence-corrected chi connectivity index (χ3v) is 6.64. The van der Waals surface area contributed by atoms with Crippen molar-refractivity contribution in [1.82, 2.24) is 4.90 Å². The second kappa shape index (κ2) is 9.03. The lowest BCUT2D eigenvalue weighted by Crippen LogP contribution is -2.39. The molecule has 0 amide bonds. The average Bonchev–Trinajstić information content (AvgIpc) is 3.21. The van der Waals surface area contributed by atoms with Gasteiger partial charge in [-0.15, -0.1) is 0 Å². The summed E-state index contributed by atoms with van der Waals surface area (Å²) in [5.41, 5.74) is 6.30. The number of likely N-dealkylation sites (tertiary alicyclic amines) is 1. The standard InChI is InChI=1S/C27H31N3O/c1-28-23-14-12-21(13-15-23)16-18-29-17-6-8-24(29)19-30-25-9-3-2-7-22(25)20-31-27-11-5-4-10-26(27)30/h2-5,7,9-15,24,28H,6,8,16-20H2,1H3. The number of nitrogens with one attached hydrogen (secondary N) is 1. The van der Waals surface area contributed by atoms with Gasteiger partial charge in [-0.1, -0.05) is 42.5 Å². The summed E-state index contributed by atoms with van der Waals surface area (Å²) in [6.07, 6.45) is 3.62. The maximum atomic E-state index is 6.16. The molecule has 0 radical (unpaired) electrons. The molecule has 3 aromatic rings. The summed E-state index contributed by atoms with van der Waals surface area (Å²) >= 11 is 0. The molecule has 4 nitrogen and oxygen atoms in total. The van der Waals surface area contributed by atoms with E-state index >= 15 is 0 Å². The van der Waals surface area contributed by atoms with E-state index in [1.54, 1.807) is 0 Å². The zero-order valence-corrected chi connectivity index (χ0v) is 18.3. The molecule has 3 aromatic carbocycles. The van der Waals surface area contributed by atoms with Crippen molar-refractivity contribution in [2.75, 3.05) is 36.9 Å². The lowest BCUT2D eigenvalue weighted by molar-refractivity contribution is 0.261. The monoisotopic (exact) mass is 413 g/mol. The van der Waals surface area contributed by atoms with Gasteiger partial charge >= 0.3 is 0 Å². The minimum absolute atomic E-state index is 0.552. The molecule has 0 spiro atoms. The first-order chi connectivity index (χ1) is 15.3. The Labute approximate surface area is 185 Å². The minimum atomic E-state index is 0.552. The van der Waals surface area contributed by atoms with Crippen LogP contribution in [0, 0.1) is 0 Å². The molecule has 1 unspecified atom stereocenters. The first kappa shape index (κ1) is 20.0. The molecule has 31 heavy (non-hydrogen) atoms.